The summed E-state index contributed by atoms with van der Waals surface area (Å²) in [5, 5.41) is 0. The van der Waals surface area contributed by atoms with Gasteiger partial charge in [0.25, 0.3) is 0 Å². The zero-order valence-electron chi connectivity index (χ0n) is 9.99. The highest BCUT2D eigenvalue weighted by molar-refractivity contribution is 8.22. The minimum Gasteiger partial charge on any atom is -0.474 e. The number of fused-ring (bicyclic) bond motifs is 3. The molecular formula is C12H18O2S2. The van der Waals surface area contributed by atoms with Crippen molar-refractivity contribution in [1.82, 2.24) is 0 Å². The molecule has 0 aromatic rings. The third-order valence-electron chi connectivity index (χ3n) is 4.09. The van der Waals surface area contributed by atoms with Crippen LogP contribution in [0.4, 0.5) is 0 Å². The molecule has 3 atom stereocenters. The van der Waals surface area contributed by atoms with Crippen LogP contribution in [-0.2, 0) is 9.53 Å². The Balaban J connectivity index is 2.10. The molecule has 3 aliphatic rings. The van der Waals surface area contributed by atoms with Gasteiger partial charge in [0.15, 0.2) is 0 Å². The molecule has 0 N–H and O–H groups in total. The molecule has 0 amide bonds. The van der Waals surface area contributed by atoms with E-state index in [1.54, 1.807) is 0 Å². The maximum atomic E-state index is 11.9. The number of thiocarbonyl (C=S) groups is 1. The molecule has 90 valence electrons. The van der Waals surface area contributed by atoms with Gasteiger partial charge in [-0.3, -0.25) is 4.79 Å². The molecule has 2 nitrogen and oxygen atoms in total. The standard InChI is InChI=1S/C12H18O2S2/c1-12(2)6-8-9(13)4-7(12)5-10(8)14-11(15)16-3/h7-8,10H,4-6H2,1-3H3. The number of hydrogen-bond acceptors (Lipinski definition) is 4. The number of carbonyl (C=O) groups excluding carboxylic acids is 1. The van der Waals surface area contributed by atoms with E-state index in [9.17, 15) is 4.79 Å². The van der Waals surface area contributed by atoms with Gasteiger partial charge in [-0.1, -0.05) is 25.6 Å². The van der Waals surface area contributed by atoms with Gasteiger partial charge in [0.2, 0.25) is 4.38 Å². The van der Waals surface area contributed by atoms with E-state index in [1.165, 1.54) is 11.8 Å². The van der Waals surface area contributed by atoms with Crippen molar-refractivity contribution in [2.75, 3.05) is 6.26 Å². The topological polar surface area (TPSA) is 26.3 Å². The molecule has 3 unspecified atom stereocenters. The molecule has 3 aliphatic carbocycles. The summed E-state index contributed by atoms with van der Waals surface area (Å²) < 4.78 is 6.28. The highest BCUT2D eigenvalue weighted by Gasteiger charge is 2.51. The zero-order valence-corrected chi connectivity index (χ0v) is 11.6. The van der Waals surface area contributed by atoms with Crippen molar-refractivity contribution in [3.05, 3.63) is 0 Å². The predicted molar refractivity (Wildman–Crippen MR) is 70.6 cm³/mol. The van der Waals surface area contributed by atoms with Crippen LogP contribution in [0.1, 0.15) is 33.1 Å². The molecule has 3 fully saturated rings. The van der Waals surface area contributed by atoms with Crippen LogP contribution in [0.25, 0.3) is 0 Å². The second-order valence-corrected chi connectivity index (χ2v) is 6.92. The average molecular weight is 258 g/mol. The molecule has 3 saturated carbocycles. The lowest BCUT2D eigenvalue weighted by molar-refractivity contribution is -0.144. The van der Waals surface area contributed by atoms with Crippen molar-refractivity contribution < 1.29 is 9.53 Å². The van der Waals surface area contributed by atoms with Crippen molar-refractivity contribution in [3.63, 3.8) is 0 Å². The molecule has 2 bridgehead atoms. The van der Waals surface area contributed by atoms with Gasteiger partial charge >= 0.3 is 0 Å². The van der Waals surface area contributed by atoms with Crippen LogP contribution in [0.15, 0.2) is 0 Å². The summed E-state index contributed by atoms with van der Waals surface area (Å²) in [6, 6.07) is 0. The summed E-state index contributed by atoms with van der Waals surface area (Å²) in [6.07, 6.45) is 4.64. The maximum absolute atomic E-state index is 11.9. The highest BCUT2D eigenvalue weighted by atomic mass is 32.2. The fraction of sp³-hybridized carbons (Fsp3) is 0.833. The predicted octanol–water partition coefficient (Wildman–Crippen LogP) is 3.04. The van der Waals surface area contributed by atoms with Crippen LogP contribution in [0.3, 0.4) is 0 Å². The van der Waals surface area contributed by atoms with E-state index in [0.29, 0.717) is 21.5 Å². The van der Waals surface area contributed by atoms with Gasteiger partial charge in [-0.05, 0) is 42.6 Å². The van der Waals surface area contributed by atoms with Gasteiger partial charge < -0.3 is 4.74 Å². The van der Waals surface area contributed by atoms with E-state index in [-0.39, 0.29) is 12.0 Å². The molecule has 0 heterocycles. The van der Waals surface area contributed by atoms with Gasteiger partial charge in [0.05, 0.1) is 5.92 Å². The first-order valence-electron chi connectivity index (χ1n) is 5.71. The second-order valence-electron chi connectivity index (χ2n) is 5.51. The SMILES string of the molecule is CSC(=S)OC1CC2CC(=O)C1CC2(C)C. The van der Waals surface area contributed by atoms with Crippen LogP contribution in [0, 0.1) is 17.3 Å². The number of Topliss-reactive ketones (excluding diaryl/α,β-unsaturated/α-hetero) is 1. The van der Waals surface area contributed by atoms with Crippen LogP contribution < -0.4 is 0 Å². The number of ketones is 1. The third kappa shape index (κ3) is 2.14. The van der Waals surface area contributed by atoms with Crippen molar-refractivity contribution in [3.8, 4) is 0 Å². The Morgan fingerprint density at radius 3 is 2.81 bits per heavy atom. The Morgan fingerprint density at radius 1 is 1.56 bits per heavy atom. The van der Waals surface area contributed by atoms with Gasteiger partial charge in [0.1, 0.15) is 11.9 Å². The Kier molecular flexibility index (Phi) is 3.32. The fourth-order valence-electron chi connectivity index (χ4n) is 3.01. The Bertz CT molecular complexity index is 325. The lowest BCUT2D eigenvalue weighted by atomic mass is 9.56. The molecule has 0 aromatic carbocycles. The molecule has 0 radical (unpaired) electrons. The van der Waals surface area contributed by atoms with E-state index >= 15 is 0 Å². The van der Waals surface area contributed by atoms with Gasteiger partial charge in [-0.15, -0.1) is 0 Å². The summed E-state index contributed by atoms with van der Waals surface area (Å²) in [5.41, 5.74) is 0.291. The lowest BCUT2D eigenvalue weighted by Gasteiger charge is -2.50. The first kappa shape index (κ1) is 12.4. The minimum atomic E-state index is 0.0409. The Hall–Kier alpha value is -0.0900. The Morgan fingerprint density at radius 2 is 2.25 bits per heavy atom. The fourth-order valence-corrected chi connectivity index (χ4v) is 3.35. The van der Waals surface area contributed by atoms with Crippen LogP contribution >= 0.6 is 24.0 Å². The number of carbonyl (C=O) groups is 1. The van der Waals surface area contributed by atoms with Crippen LogP contribution in [-0.4, -0.2) is 22.5 Å². The smallest absolute Gasteiger partial charge is 0.219 e. The highest BCUT2D eigenvalue weighted by Crippen LogP contribution is 2.51. The summed E-state index contributed by atoms with van der Waals surface area (Å²) in [7, 11) is 0. The van der Waals surface area contributed by atoms with E-state index in [2.05, 4.69) is 13.8 Å². The number of hydrogen-bond donors (Lipinski definition) is 0. The van der Waals surface area contributed by atoms with Crippen molar-refractivity contribution in [2.24, 2.45) is 17.3 Å². The first-order chi connectivity index (χ1) is 7.44. The summed E-state index contributed by atoms with van der Waals surface area (Å²) >= 11 is 6.52. The monoisotopic (exact) mass is 258 g/mol. The zero-order chi connectivity index (χ0) is 11.9. The molecular weight excluding hydrogens is 240 g/mol. The first-order valence-corrected chi connectivity index (χ1v) is 7.34. The Labute approximate surface area is 106 Å². The summed E-state index contributed by atoms with van der Waals surface area (Å²) in [6.45, 7) is 4.53. The largest absolute Gasteiger partial charge is 0.474 e. The number of rotatable bonds is 1. The molecule has 0 aliphatic heterocycles. The van der Waals surface area contributed by atoms with E-state index < -0.39 is 0 Å². The average Bonchev–Trinajstić information content (AvgIpc) is 2.20. The molecule has 4 heteroatoms. The van der Waals surface area contributed by atoms with E-state index in [4.69, 9.17) is 17.0 Å². The number of ether oxygens (including phenoxy) is 1. The lowest BCUT2D eigenvalue weighted by Crippen LogP contribution is -2.51. The van der Waals surface area contributed by atoms with Crippen molar-refractivity contribution in [2.45, 2.75) is 39.2 Å². The number of thioether (sulfide) groups is 1. The molecule has 0 spiro atoms. The maximum Gasteiger partial charge on any atom is 0.219 e. The molecule has 3 rings (SSSR count). The van der Waals surface area contributed by atoms with Gasteiger partial charge in [0, 0.05) is 6.42 Å². The normalized spacial score (nSPS) is 36.2. The summed E-state index contributed by atoms with van der Waals surface area (Å²) in [5.74, 6) is 0.925. The van der Waals surface area contributed by atoms with E-state index in [0.717, 1.165) is 19.3 Å². The van der Waals surface area contributed by atoms with Crippen LogP contribution in [0.5, 0.6) is 0 Å². The molecule has 0 saturated heterocycles. The van der Waals surface area contributed by atoms with Gasteiger partial charge in [-0.2, -0.15) is 0 Å². The quantitative estimate of drug-likeness (QED) is 0.675. The molecule has 0 aromatic heterocycles. The van der Waals surface area contributed by atoms with E-state index in [1.807, 2.05) is 6.26 Å². The second kappa shape index (κ2) is 4.30. The summed E-state index contributed by atoms with van der Waals surface area (Å²) in [4.78, 5) is 11.9. The van der Waals surface area contributed by atoms with Crippen molar-refractivity contribution in [1.29, 1.82) is 0 Å². The molecule has 16 heavy (non-hydrogen) atoms. The minimum absolute atomic E-state index is 0.0409. The van der Waals surface area contributed by atoms with Crippen molar-refractivity contribution >= 4 is 34.1 Å². The van der Waals surface area contributed by atoms with Gasteiger partial charge in [-0.25, -0.2) is 0 Å². The third-order valence-corrected chi connectivity index (χ3v) is 5.12. The van der Waals surface area contributed by atoms with Crippen LogP contribution in [0.2, 0.25) is 0 Å².